The van der Waals surface area contributed by atoms with E-state index in [1.165, 1.54) is 6.07 Å². The third kappa shape index (κ3) is 3.96. The van der Waals surface area contributed by atoms with E-state index < -0.39 is 0 Å². The van der Waals surface area contributed by atoms with E-state index in [1.54, 1.807) is 30.0 Å². The molecule has 0 heterocycles. The van der Waals surface area contributed by atoms with Crippen molar-refractivity contribution in [1.29, 1.82) is 0 Å². The number of nitrogens with two attached hydrogens (primary N) is 1. The first-order chi connectivity index (χ1) is 10.0. The van der Waals surface area contributed by atoms with Crippen LogP contribution in [0.3, 0.4) is 0 Å². The van der Waals surface area contributed by atoms with Crippen molar-refractivity contribution in [2.24, 2.45) is 5.73 Å². The zero-order chi connectivity index (χ0) is 15.4. The SMILES string of the molecule is CCSc1cccc(Oc2ccc(F)c(Br)c2)c1C(N)=S. The van der Waals surface area contributed by atoms with Gasteiger partial charge in [-0.05, 0) is 52.0 Å². The van der Waals surface area contributed by atoms with Crippen molar-refractivity contribution in [2.45, 2.75) is 11.8 Å². The lowest BCUT2D eigenvalue weighted by molar-refractivity contribution is 0.477. The number of thioether (sulfide) groups is 1. The molecular weight excluding hydrogens is 373 g/mol. The first-order valence-electron chi connectivity index (χ1n) is 6.21. The van der Waals surface area contributed by atoms with Gasteiger partial charge in [-0.3, -0.25) is 0 Å². The van der Waals surface area contributed by atoms with E-state index in [2.05, 4.69) is 22.9 Å². The molecule has 0 aliphatic rings. The highest BCUT2D eigenvalue weighted by atomic mass is 79.9. The molecule has 0 amide bonds. The second-order valence-electron chi connectivity index (χ2n) is 4.10. The van der Waals surface area contributed by atoms with Crippen LogP contribution >= 0.6 is 39.9 Å². The van der Waals surface area contributed by atoms with Gasteiger partial charge < -0.3 is 10.5 Å². The van der Waals surface area contributed by atoms with Crippen molar-refractivity contribution in [3.05, 3.63) is 52.3 Å². The van der Waals surface area contributed by atoms with Crippen molar-refractivity contribution in [1.82, 2.24) is 0 Å². The molecule has 2 nitrogen and oxygen atoms in total. The first-order valence-corrected chi connectivity index (χ1v) is 8.40. The molecule has 0 radical (unpaired) electrons. The summed E-state index contributed by atoms with van der Waals surface area (Å²) in [6, 6.07) is 10.1. The van der Waals surface area contributed by atoms with E-state index in [-0.39, 0.29) is 10.8 Å². The quantitative estimate of drug-likeness (QED) is 0.571. The molecule has 2 rings (SSSR count). The molecule has 0 aliphatic heterocycles. The Hall–Kier alpha value is -1.11. The minimum absolute atomic E-state index is 0.280. The van der Waals surface area contributed by atoms with Gasteiger partial charge in [0.1, 0.15) is 22.3 Å². The van der Waals surface area contributed by atoms with Crippen LogP contribution in [0.4, 0.5) is 4.39 Å². The number of hydrogen-bond acceptors (Lipinski definition) is 3. The van der Waals surface area contributed by atoms with Crippen molar-refractivity contribution in [3.8, 4) is 11.5 Å². The minimum atomic E-state index is -0.341. The molecule has 0 saturated heterocycles. The summed E-state index contributed by atoms with van der Waals surface area (Å²) in [7, 11) is 0. The second-order valence-corrected chi connectivity index (χ2v) is 6.70. The fourth-order valence-corrected chi connectivity index (χ4v) is 3.26. The third-order valence-corrected chi connectivity index (χ3v) is 4.40. The molecule has 2 N–H and O–H groups in total. The maximum absolute atomic E-state index is 13.3. The van der Waals surface area contributed by atoms with Gasteiger partial charge in [0, 0.05) is 4.90 Å². The minimum Gasteiger partial charge on any atom is -0.457 e. The predicted octanol–water partition coefficient (Wildman–Crippen LogP) is 5.13. The Kier molecular flexibility index (Phi) is 5.61. The van der Waals surface area contributed by atoms with Crippen LogP contribution in [0, 0.1) is 5.82 Å². The van der Waals surface area contributed by atoms with E-state index in [1.807, 2.05) is 12.1 Å². The zero-order valence-corrected chi connectivity index (χ0v) is 14.4. The largest absolute Gasteiger partial charge is 0.457 e. The Bertz CT molecular complexity index is 679. The van der Waals surface area contributed by atoms with E-state index >= 15 is 0 Å². The van der Waals surface area contributed by atoms with Crippen molar-refractivity contribution in [3.63, 3.8) is 0 Å². The Balaban J connectivity index is 2.41. The topological polar surface area (TPSA) is 35.2 Å². The number of rotatable bonds is 5. The van der Waals surface area contributed by atoms with Crippen LogP contribution in [0.15, 0.2) is 45.8 Å². The molecule has 0 aromatic heterocycles. The van der Waals surface area contributed by atoms with E-state index in [0.29, 0.717) is 21.5 Å². The second kappa shape index (κ2) is 7.24. The molecule has 2 aromatic rings. The number of halogens is 2. The highest BCUT2D eigenvalue weighted by Crippen LogP contribution is 2.34. The van der Waals surface area contributed by atoms with Crippen LogP contribution in [0.2, 0.25) is 0 Å². The first kappa shape index (κ1) is 16.3. The maximum Gasteiger partial charge on any atom is 0.138 e. The average molecular weight is 386 g/mol. The summed E-state index contributed by atoms with van der Waals surface area (Å²) in [5.74, 6) is 1.65. The molecule has 0 saturated carbocycles. The van der Waals surface area contributed by atoms with Gasteiger partial charge >= 0.3 is 0 Å². The highest BCUT2D eigenvalue weighted by Gasteiger charge is 2.13. The van der Waals surface area contributed by atoms with Gasteiger partial charge in [0.25, 0.3) is 0 Å². The summed E-state index contributed by atoms with van der Waals surface area (Å²) in [5.41, 5.74) is 6.53. The fourth-order valence-electron chi connectivity index (χ4n) is 1.78. The van der Waals surface area contributed by atoms with Crippen LogP contribution in [0.1, 0.15) is 12.5 Å². The van der Waals surface area contributed by atoms with Crippen molar-refractivity contribution in [2.75, 3.05) is 5.75 Å². The van der Waals surface area contributed by atoms with Gasteiger partial charge in [0.05, 0.1) is 10.0 Å². The zero-order valence-electron chi connectivity index (χ0n) is 11.2. The van der Waals surface area contributed by atoms with Gasteiger partial charge in [-0.25, -0.2) is 4.39 Å². The molecule has 0 unspecified atom stereocenters. The van der Waals surface area contributed by atoms with Gasteiger partial charge in [-0.1, -0.05) is 25.2 Å². The summed E-state index contributed by atoms with van der Waals surface area (Å²) in [4.78, 5) is 1.26. The Morgan fingerprint density at radius 3 is 2.76 bits per heavy atom. The normalized spacial score (nSPS) is 10.4. The molecular formula is C15H13BrFNOS2. The standard InChI is InChI=1S/C15H13BrFNOS2/c1-2-21-13-5-3-4-12(14(13)15(18)20)19-9-6-7-11(17)10(16)8-9/h3-8H,2H2,1H3,(H2,18,20). The lowest BCUT2D eigenvalue weighted by atomic mass is 10.2. The summed E-state index contributed by atoms with van der Waals surface area (Å²) in [6.45, 7) is 2.05. The van der Waals surface area contributed by atoms with Crippen molar-refractivity contribution >= 4 is 44.9 Å². The lowest BCUT2D eigenvalue weighted by Crippen LogP contribution is -2.12. The molecule has 21 heavy (non-hydrogen) atoms. The molecule has 2 aromatic carbocycles. The van der Waals surface area contributed by atoms with Crippen molar-refractivity contribution < 1.29 is 9.13 Å². The van der Waals surface area contributed by atoms with Gasteiger partial charge in [-0.2, -0.15) is 0 Å². The van der Waals surface area contributed by atoms with Gasteiger partial charge in [0.2, 0.25) is 0 Å². The van der Waals surface area contributed by atoms with Crippen LogP contribution in [0.25, 0.3) is 0 Å². The smallest absolute Gasteiger partial charge is 0.138 e. The fraction of sp³-hybridized carbons (Fsp3) is 0.133. The maximum atomic E-state index is 13.3. The summed E-state index contributed by atoms with van der Waals surface area (Å²) in [6.07, 6.45) is 0. The molecule has 0 aliphatic carbocycles. The molecule has 0 bridgehead atoms. The molecule has 0 fully saturated rings. The Labute approximate surface area is 141 Å². The van der Waals surface area contributed by atoms with Crippen LogP contribution in [0.5, 0.6) is 11.5 Å². The lowest BCUT2D eigenvalue weighted by Gasteiger charge is -2.14. The number of thiocarbonyl (C=S) groups is 1. The summed E-state index contributed by atoms with van der Waals surface area (Å²) < 4.78 is 19.4. The van der Waals surface area contributed by atoms with E-state index in [9.17, 15) is 4.39 Å². The summed E-state index contributed by atoms with van der Waals surface area (Å²) in [5, 5.41) is 0. The number of benzene rings is 2. The van der Waals surface area contributed by atoms with Gasteiger partial charge in [0.15, 0.2) is 0 Å². The van der Waals surface area contributed by atoms with E-state index in [4.69, 9.17) is 22.7 Å². The van der Waals surface area contributed by atoms with Crippen LogP contribution in [-0.4, -0.2) is 10.7 Å². The Morgan fingerprint density at radius 2 is 2.14 bits per heavy atom. The number of ether oxygens (including phenoxy) is 1. The van der Waals surface area contributed by atoms with Gasteiger partial charge in [-0.15, -0.1) is 11.8 Å². The third-order valence-electron chi connectivity index (χ3n) is 2.65. The van der Waals surface area contributed by atoms with Crippen LogP contribution < -0.4 is 10.5 Å². The van der Waals surface area contributed by atoms with E-state index in [0.717, 1.165) is 10.6 Å². The number of hydrogen-bond donors (Lipinski definition) is 1. The predicted molar refractivity (Wildman–Crippen MR) is 92.9 cm³/mol. The summed E-state index contributed by atoms with van der Waals surface area (Å²) >= 11 is 9.91. The molecule has 0 spiro atoms. The monoisotopic (exact) mass is 385 g/mol. The molecule has 6 heteroatoms. The molecule has 0 atom stereocenters. The van der Waals surface area contributed by atoms with Crippen LogP contribution in [-0.2, 0) is 0 Å². The highest BCUT2D eigenvalue weighted by molar-refractivity contribution is 9.10. The molecule has 110 valence electrons. The average Bonchev–Trinajstić information content (AvgIpc) is 2.43. The Morgan fingerprint density at radius 1 is 1.38 bits per heavy atom.